The Morgan fingerprint density at radius 2 is 2.00 bits per heavy atom. The first-order valence-corrected chi connectivity index (χ1v) is 8.17. The molecule has 0 radical (unpaired) electrons. The van der Waals surface area contributed by atoms with Crippen molar-refractivity contribution in [2.75, 3.05) is 13.7 Å². The van der Waals surface area contributed by atoms with Crippen LogP contribution in [0.5, 0.6) is 11.5 Å². The summed E-state index contributed by atoms with van der Waals surface area (Å²) in [5, 5.41) is 7.66. The van der Waals surface area contributed by atoms with E-state index in [-0.39, 0.29) is 0 Å². The minimum absolute atomic E-state index is 0.468. The third-order valence-electron chi connectivity index (χ3n) is 3.17. The van der Waals surface area contributed by atoms with Crippen LogP contribution in [0.2, 0.25) is 0 Å². The molecule has 1 N–H and O–H groups in total. The minimum atomic E-state index is 0.468. The molecule has 0 aliphatic carbocycles. The molecule has 0 bridgehead atoms. The van der Waals surface area contributed by atoms with Crippen LogP contribution >= 0.6 is 11.3 Å². The van der Waals surface area contributed by atoms with E-state index in [1.165, 1.54) is 11.1 Å². The van der Waals surface area contributed by atoms with Crippen LogP contribution in [0.4, 0.5) is 0 Å². The van der Waals surface area contributed by atoms with Crippen molar-refractivity contribution in [2.24, 2.45) is 0 Å². The molecule has 2 aromatic rings. The highest BCUT2D eigenvalue weighted by molar-refractivity contribution is 7.07. The van der Waals surface area contributed by atoms with Gasteiger partial charge in [0.15, 0.2) is 11.5 Å². The predicted octanol–water partition coefficient (Wildman–Crippen LogP) is 3.88. The number of hydrogen-bond acceptors (Lipinski definition) is 4. The quantitative estimate of drug-likeness (QED) is 0.803. The van der Waals surface area contributed by atoms with Gasteiger partial charge in [-0.15, -0.1) is 0 Å². The topological polar surface area (TPSA) is 30.5 Å². The van der Waals surface area contributed by atoms with E-state index in [0.717, 1.165) is 24.5 Å². The monoisotopic (exact) mass is 305 g/mol. The molecular formula is C17H23NO2S. The van der Waals surface area contributed by atoms with Gasteiger partial charge < -0.3 is 14.8 Å². The number of methoxy groups -OCH3 is 1. The number of ether oxygens (including phenoxy) is 2. The van der Waals surface area contributed by atoms with Gasteiger partial charge in [0, 0.05) is 19.0 Å². The third-order valence-corrected chi connectivity index (χ3v) is 3.90. The lowest BCUT2D eigenvalue weighted by molar-refractivity contribution is 0.297. The Balaban J connectivity index is 1.96. The van der Waals surface area contributed by atoms with Crippen LogP contribution in [0.25, 0.3) is 0 Å². The Labute approximate surface area is 130 Å². The Hall–Kier alpha value is -1.52. The zero-order chi connectivity index (χ0) is 15.1. The van der Waals surface area contributed by atoms with Crippen LogP contribution in [0.3, 0.4) is 0 Å². The fourth-order valence-corrected chi connectivity index (χ4v) is 2.68. The molecule has 0 aliphatic heterocycles. The van der Waals surface area contributed by atoms with Crippen LogP contribution in [-0.4, -0.2) is 19.8 Å². The standard InChI is InChI=1S/C17H23NO2S/c1-13(2)18-11-15-4-5-16(19-3)17(10-15)20-8-6-14-7-9-21-12-14/h4-5,7,9-10,12-13,18H,6,8,11H2,1-3H3. The number of hydrogen-bond donors (Lipinski definition) is 1. The first-order chi connectivity index (χ1) is 10.2. The summed E-state index contributed by atoms with van der Waals surface area (Å²) in [6.45, 7) is 5.78. The fourth-order valence-electron chi connectivity index (χ4n) is 1.98. The second-order valence-electron chi connectivity index (χ2n) is 5.25. The van der Waals surface area contributed by atoms with E-state index in [0.29, 0.717) is 12.6 Å². The summed E-state index contributed by atoms with van der Waals surface area (Å²) in [6.07, 6.45) is 0.918. The molecule has 0 spiro atoms. The van der Waals surface area contributed by atoms with E-state index < -0.39 is 0 Å². The maximum absolute atomic E-state index is 5.90. The molecule has 0 unspecified atom stereocenters. The van der Waals surface area contributed by atoms with Crippen LogP contribution in [0, 0.1) is 0 Å². The van der Waals surface area contributed by atoms with Gasteiger partial charge in [0.05, 0.1) is 13.7 Å². The average molecular weight is 305 g/mol. The SMILES string of the molecule is COc1ccc(CNC(C)C)cc1OCCc1ccsc1. The fraction of sp³-hybridized carbons (Fsp3) is 0.412. The number of benzene rings is 1. The minimum Gasteiger partial charge on any atom is -0.493 e. The molecule has 0 atom stereocenters. The Kier molecular flexibility index (Phi) is 6.08. The van der Waals surface area contributed by atoms with Crippen LogP contribution < -0.4 is 14.8 Å². The molecule has 0 fully saturated rings. The molecule has 21 heavy (non-hydrogen) atoms. The molecule has 0 saturated carbocycles. The largest absolute Gasteiger partial charge is 0.493 e. The van der Waals surface area contributed by atoms with Crippen molar-refractivity contribution in [3.63, 3.8) is 0 Å². The van der Waals surface area contributed by atoms with Gasteiger partial charge >= 0.3 is 0 Å². The zero-order valence-electron chi connectivity index (χ0n) is 12.9. The summed E-state index contributed by atoms with van der Waals surface area (Å²) >= 11 is 1.72. The predicted molar refractivity (Wildman–Crippen MR) is 88.5 cm³/mol. The highest BCUT2D eigenvalue weighted by Crippen LogP contribution is 2.28. The van der Waals surface area contributed by atoms with E-state index in [1.807, 2.05) is 6.07 Å². The number of rotatable bonds is 8. The molecule has 0 amide bonds. The lowest BCUT2D eigenvalue weighted by atomic mass is 10.2. The van der Waals surface area contributed by atoms with Crippen molar-refractivity contribution in [1.82, 2.24) is 5.32 Å². The van der Waals surface area contributed by atoms with Gasteiger partial charge in [0.25, 0.3) is 0 Å². The van der Waals surface area contributed by atoms with Gasteiger partial charge in [0.1, 0.15) is 0 Å². The highest BCUT2D eigenvalue weighted by atomic mass is 32.1. The molecule has 1 aromatic heterocycles. The van der Waals surface area contributed by atoms with Gasteiger partial charge in [-0.05, 0) is 40.1 Å². The van der Waals surface area contributed by atoms with E-state index in [4.69, 9.17) is 9.47 Å². The first kappa shape index (κ1) is 15.9. The molecule has 114 valence electrons. The second-order valence-corrected chi connectivity index (χ2v) is 6.03. The molecule has 0 saturated heterocycles. The van der Waals surface area contributed by atoms with Crippen molar-refractivity contribution < 1.29 is 9.47 Å². The van der Waals surface area contributed by atoms with Crippen molar-refractivity contribution >= 4 is 11.3 Å². The molecular weight excluding hydrogens is 282 g/mol. The molecule has 3 nitrogen and oxygen atoms in total. The Bertz CT molecular complexity index is 538. The molecule has 1 aromatic carbocycles. The van der Waals surface area contributed by atoms with Gasteiger partial charge in [-0.1, -0.05) is 19.9 Å². The first-order valence-electron chi connectivity index (χ1n) is 7.23. The summed E-state index contributed by atoms with van der Waals surface area (Å²) in [5.41, 5.74) is 2.52. The highest BCUT2D eigenvalue weighted by Gasteiger charge is 2.06. The normalized spacial score (nSPS) is 10.9. The lowest BCUT2D eigenvalue weighted by Gasteiger charge is -2.13. The van der Waals surface area contributed by atoms with Crippen molar-refractivity contribution in [3.8, 4) is 11.5 Å². The van der Waals surface area contributed by atoms with Crippen LogP contribution in [0.1, 0.15) is 25.0 Å². The molecule has 4 heteroatoms. The smallest absolute Gasteiger partial charge is 0.161 e. The number of thiophene rings is 1. The summed E-state index contributed by atoms with van der Waals surface area (Å²) in [7, 11) is 1.67. The lowest BCUT2D eigenvalue weighted by Crippen LogP contribution is -2.21. The second kappa shape index (κ2) is 8.05. The summed E-state index contributed by atoms with van der Waals surface area (Å²) in [6, 6.07) is 8.70. The summed E-state index contributed by atoms with van der Waals surface area (Å²) in [4.78, 5) is 0. The van der Waals surface area contributed by atoms with Gasteiger partial charge in [0.2, 0.25) is 0 Å². The van der Waals surface area contributed by atoms with Crippen molar-refractivity contribution in [2.45, 2.75) is 32.9 Å². The summed E-state index contributed by atoms with van der Waals surface area (Å²) < 4.78 is 11.3. The zero-order valence-corrected chi connectivity index (χ0v) is 13.7. The summed E-state index contributed by atoms with van der Waals surface area (Å²) in [5.74, 6) is 1.60. The van der Waals surface area contributed by atoms with Gasteiger partial charge in [-0.25, -0.2) is 0 Å². The molecule has 1 heterocycles. The van der Waals surface area contributed by atoms with E-state index in [2.05, 4.69) is 48.1 Å². The third kappa shape index (κ3) is 5.06. The van der Waals surface area contributed by atoms with Crippen LogP contribution in [0.15, 0.2) is 35.0 Å². The van der Waals surface area contributed by atoms with Crippen LogP contribution in [-0.2, 0) is 13.0 Å². The van der Waals surface area contributed by atoms with Gasteiger partial charge in [-0.3, -0.25) is 0 Å². The van der Waals surface area contributed by atoms with E-state index in [1.54, 1.807) is 18.4 Å². The van der Waals surface area contributed by atoms with Crippen molar-refractivity contribution in [3.05, 3.63) is 46.2 Å². The maximum atomic E-state index is 5.90. The Morgan fingerprint density at radius 3 is 2.67 bits per heavy atom. The number of nitrogens with one attached hydrogen (secondary N) is 1. The Morgan fingerprint density at radius 1 is 1.14 bits per heavy atom. The average Bonchev–Trinajstić information content (AvgIpc) is 2.98. The van der Waals surface area contributed by atoms with Crippen molar-refractivity contribution in [1.29, 1.82) is 0 Å². The molecule has 0 aliphatic rings. The maximum Gasteiger partial charge on any atom is 0.161 e. The van der Waals surface area contributed by atoms with E-state index >= 15 is 0 Å². The molecule has 2 rings (SSSR count). The van der Waals surface area contributed by atoms with Gasteiger partial charge in [-0.2, -0.15) is 11.3 Å². The van der Waals surface area contributed by atoms with E-state index in [9.17, 15) is 0 Å².